The lowest BCUT2D eigenvalue weighted by atomic mass is 10.1. The van der Waals surface area contributed by atoms with Crippen LogP contribution < -0.4 is 10.2 Å². The van der Waals surface area contributed by atoms with Crippen molar-refractivity contribution in [2.24, 2.45) is 0 Å². The summed E-state index contributed by atoms with van der Waals surface area (Å²) in [6.07, 6.45) is 2.35. The van der Waals surface area contributed by atoms with Gasteiger partial charge >= 0.3 is 0 Å². The second kappa shape index (κ2) is 6.78. The number of carbonyl (C=O) groups is 2. The van der Waals surface area contributed by atoms with Crippen LogP contribution in [-0.4, -0.2) is 18.4 Å². The highest BCUT2D eigenvalue weighted by Crippen LogP contribution is 2.24. The molecule has 1 fully saturated rings. The van der Waals surface area contributed by atoms with E-state index in [1.54, 1.807) is 29.2 Å². The van der Waals surface area contributed by atoms with Crippen LogP contribution in [0.5, 0.6) is 0 Å². The van der Waals surface area contributed by atoms with Crippen LogP contribution in [0.15, 0.2) is 42.5 Å². The summed E-state index contributed by atoms with van der Waals surface area (Å²) in [7, 11) is 0. The second-order valence-corrected chi connectivity index (χ2v) is 5.64. The van der Waals surface area contributed by atoms with E-state index in [0.717, 1.165) is 25.0 Å². The number of hydrogen-bond donors (Lipinski definition) is 1. The number of amides is 2. The molecule has 4 nitrogen and oxygen atoms in total. The van der Waals surface area contributed by atoms with E-state index in [9.17, 15) is 18.4 Å². The molecule has 0 aromatic heterocycles. The van der Waals surface area contributed by atoms with E-state index >= 15 is 0 Å². The van der Waals surface area contributed by atoms with Crippen molar-refractivity contribution in [3.05, 3.63) is 59.7 Å². The van der Waals surface area contributed by atoms with Gasteiger partial charge in [-0.25, -0.2) is 8.78 Å². The third-order valence-corrected chi connectivity index (χ3v) is 3.92. The fourth-order valence-corrected chi connectivity index (χ4v) is 2.67. The van der Waals surface area contributed by atoms with Gasteiger partial charge in [-0.2, -0.15) is 0 Å². The van der Waals surface area contributed by atoms with E-state index in [1.165, 1.54) is 6.07 Å². The van der Waals surface area contributed by atoms with Crippen LogP contribution in [0.3, 0.4) is 0 Å². The van der Waals surface area contributed by atoms with Gasteiger partial charge in [0, 0.05) is 29.9 Å². The molecule has 0 saturated carbocycles. The van der Waals surface area contributed by atoms with Crippen LogP contribution in [0, 0.1) is 11.6 Å². The lowest BCUT2D eigenvalue weighted by Crippen LogP contribution is -2.35. The molecule has 0 aliphatic carbocycles. The maximum absolute atomic E-state index is 13.2. The minimum atomic E-state index is -1.07. The van der Waals surface area contributed by atoms with Crippen LogP contribution in [0.25, 0.3) is 0 Å². The average molecular weight is 330 g/mol. The molecule has 24 heavy (non-hydrogen) atoms. The third kappa shape index (κ3) is 3.42. The van der Waals surface area contributed by atoms with Crippen LogP contribution in [-0.2, 0) is 4.79 Å². The van der Waals surface area contributed by atoms with Gasteiger partial charge in [0.2, 0.25) is 5.91 Å². The van der Waals surface area contributed by atoms with Crippen molar-refractivity contribution in [3.63, 3.8) is 0 Å². The molecule has 2 aromatic carbocycles. The molecular formula is C18H16F2N2O2. The first-order valence-corrected chi connectivity index (χ1v) is 7.71. The van der Waals surface area contributed by atoms with Crippen molar-refractivity contribution >= 4 is 23.2 Å². The number of carbonyl (C=O) groups excluding carboxylic acids is 2. The number of halogens is 2. The molecular weight excluding hydrogens is 314 g/mol. The van der Waals surface area contributed by atoms with E-state index < -0.39 is 17.5 Å². The largest absolute Gasteiger partial charge is 0.322 e. The molecule has 0 spiro atoms. The first kappa shape index (κ1) is 16.1. The van der Waals surface area contributed by atoms with E-state index in [4.69, 9.17) is 0 Å². The molecule has 0 atom stereocenters. The van der Waals surface area contributed by atoms with Crippen molar-refractivity contribution < 1.29 is 18.4 Å². The lowest BCUT2D eigenvalue weighted by Gasteiger charge is -2.27. The Morgan fingerprint density at radius 3 is 2.62 bits per heavy atom. The minimum Gasteiger partial charge on any atom is -0.322 e. The summed E-state index contributed by atoms with van der Waals surface area (Å²) >= 11 is 0. The molecule has 124 valence electrons. The molecule has 2 aromatic rings. The van der Waals surface area contributed by atoms with Crippen LogP contribution in [0.4, 0.5) is 20.2 Å². The zero-order valence-electron chi connectivity index (χ0n) is 12.9. The van der Waals surface area contributed by atoms with Crippen molar-refractivity contribution in [1.82, 2.24) is 0 Å². The zero-order valence-corrected chi connectivity index (χ0v) is 12.9. The molecule has 1 aliphatic heterocycles. The van der Waals surface area contributed by atoms with Gasteiger partial charge in [-0.3, -0.25) is 9.59 Å². The van der Waals surface area contributed by atoms with E-state index in [1.807, 2.05) is 0 Å². The monoisotopic (exact) mass is 330 g/mol. The summed E-state index contributed by atoms with van der Waals surface area (Å²) in [5, 5.41) is 2.63. The number of nitrogens with zero attached hydrogens (tertiary/aromatic N) is 1. The number of nitrogens with one attached hydrogen (secondary N) is 1. The van der Waals surface area contributed by atoms with Gasteiger partial charge in [0.1, 0.15) is 0 Å². The van der Waals surface area contributed by atoms with Crippen molar-refractivity contribution in [1.29, 1.82) is 0 Å². The fourth-order valence-electron chi connectivity index (χ4n) is 2.67. The van der Waals surface area contributed by atoms with Gasteiger partial charge in [-0.15, -0.1) is 0 Å². The maximum Gasteiger partial charge on any atom is 0.255 e. The smallest absolute Gasteiger partial charge is 0.255 e. The summed E-state index contributed by atoms with van der Waals surface area (Å²) < 4.78 is 26.2. The normalized spacial score (nSPS) is 14.6. The average Bonchev–Trinajstić information content (AvgIpc) is 2.58. The summed E-state index contributed by atoms with van der Waals surface area (Å²) in [5.74, 6) is -2.56. The number of piperidine rings is 1. The SMILES string of the molecule is O=C(Nc1cccc(N2CCCCC2=O)c1)c1ccc(F)c(F)c1. The van der Waals surface area contributed by atoms with Crippen LogP contribution >= 0.6 is 0 Å². The maximum atomic E-state index is 13.2. The Labute approximate surface area is 138 Å². The Balaban J connectivity index is 1.77. The molecule has 6 heteroatoms. The van der Waals surface area contributed by atoms with Crippen molar-refractivity contribution in [3.8, 4) is 0 Å². The number of rotatable bonds is 3. The second-order valence-electron chi connectivity index (χ2n) is 5.64. The third-order valence-electron chi connectivity index (χ3n) is 3.92. The summed E-state index contributed by atoms with van der Waals surface area (Å²) in [5.41, 5.74) is 1.22. The van der Waals surface area contributed by atoms with Gasteiger partial charge in [-0.05, 0) is 49.2 Å². The lowest BCUT2D eigenvalue weighted by molar-refractivity contribution is -0.119. The number of benzene rings is 2. The molecule has 3 rings (SSSR count). The predicted octanol–water partition coefficient (Wildman–Crippen LogP) is 3.73. The predicted molar refractivity (Wildman–Crippen MR) is 87.0 cm³/mol. The Hall–Kier alpha value is -2.76. The van der Waals surface area contributed by atoms with Crippen molar-refractivity contribution in [2.45, 2.75) is 19.3 Å². The fraction of sp³-hybridized carbons (Fsp3) is 0.222. The summed E-state index contributed by atoms with van der Waals surface area (Å²) in [6, 6.07) is 9.88. The molecule has 0 unspecified atom stereocenters. The highest BCUT2D eigenvalue weighted by atomic mass is 19.2. The Bertz CT molecular complexity index is 792. The Morgan fingerprint density at radius 2 is 1.88 bits per heavy atom. The van der Waals surface area contributed by atoms with Gasteiger partial charge in [0.25, 0.3) is 5.91 Å². The summed E-state index contributed by atoms with van der Waals surface area (Å²) in [6.45, 7) is 0.652. The van der Waals surface area contributed by atoms with Crippen LogP contribution in [0.1, 0.15) is 29.6 Å². The van der Waals surface area contributed by atoms with Gasteiger partial charge in [0.05, 0.1) is 0 Å². The summed E-state index contributed by atoms with van der Waals surface area (Å²) in [4.78, 5) is 25.8. The van der Waals surface area contributed by atoms with Crippen LogP contribution in [0.2, 0.25) is 0 Å². The van der Waals surface area contributed by atoms with E-state index in [2.05, 4.69) is 5.32 Å². The zero-order chi connectivity index (χ0) is 17.1. The standard InChI is InChI=1S/C18H16F2N2O2/c19-15-8-7-12(10-16(15)20)18(24)21-13-4-3-5-14(11-13)22-9-2-1-6-17(22)23/h3-5,7-8,10-11H,1-2,6,9H2,(H,21,24). The van der Waals surface area contributed by atoms with Gasteiger partial charge < -0.3 is 10.2 Å². The molecule has 1 saturated heterocycles. The number of hydrogen-bond acceptors (Lipinski definition) is 2. The minimum absolute atomic E-state index is 0.0216. The quantitative estimate of drug-likeness (QED) is 0.932. The van der Waals surface area contributed by atoms with Gasteiger partial charge in [0.15, 0.2) is 11.6 Å². The Kier molecular flexibility index (Phi) is 4.55. The first-order valence-electron chi connectivity index (χ1n) is 7.71. The molecule has 1 N–H and O–H groups in total. The molecule has 0 radical (unpaired) electrons. The molecule has 2 amide bonds. The number of anilines is 2. The highest BCUT2D eigenvalue weighted by molar-refractivity contribution is 6.04. The van der Waals surface area contributed by atoms with Crippen molar-refractivity contribution in [2.75, 3.05) is 16.8 Å². The highest BCUT2D eigenvalue weighted by Gasteiger charge is 2.20. The van der Waals surface area contributed by atoms with Gasteiger partial charge in [-0.1, -0.05) is 6.07 Å². The van der Waals surface area contributed by atoms with E-state index in [0.29, 0.717) is 24.3 Å². The topological polar surface area (TPSA) is 49.4 Å². The first-order chi connectivity index (χ1) is 11.5. The molecule has 1 heterocycles. The molecule has 0 bridgehead atoms. The molecule has 1 aliphatic rings. The van der Waals surface area contributed by atoms with E-state index in [-0.39, 0.29) is 11.5 Å². The Morgan fingerprint density at radius 1 is 1.04 bits per heavy atom.